The lowest BCUT2D eigenvalue weighted by Crippen LogP contribution is -2.31. The molecule has 5 rings (SSSR count). The van der Waals surface area contributed by atoms with Gasteiger partial charge in [-0.3, -0.25) is 9.69 Å². The summed E-state index contributed by atoms with van der Waals surface area (Å²) < 4.78 is 52.9. The van der Waals surface area contributed by atoms with Crippen LogP contribution in [0.2, 0.25) is 0 Å². The Morgan fingerprint density at radius 1 is 1.05 bits per heavy atom. The summed E-state index contributed by atoms with van der Waals surface area (Å²) in [6.45, 7) is 2.14. The first-order valence-electron chi connectivity index (χ1n) is 12.8. The lowest BCUT2D eigenvalue weighted by Gasteiger charge is -2.24. The van der Waals surface area contributed by atoms with Gasteiger partial charge in [-0.25, -0.2) is 4.79 Å². The topological polar surface area (TPSA) is 76.1 Å². The number of ether oxygens (including phenoxy) is 2. The molecule has 2 unspecified atom stereocenters. The highest BCUT2D eigenvalue weighted by molar-refractivity contribution is 5.78. The van der Waals surface area contributed by atoms with E-state index in [2.05, 4.69) is 0 Å². The molecule has 2 aliphatic rings. The van der Waals surface area contributed by atoms with Crippen molar-refractivity contribution in [3.63, 3.8) is 0 Å². The first-order valence-corrected chi connectivity index (χ1v) is 12.8. The van der Waals surface area contributed by atoms with Gasteiger partial charge in [0.05, 0.1) is 31.2 Å². The first kappa shape index (κ1) is 26.6. The van der Waals surface area contributed by atoms with Crippen LogP contribution in [0.5, 0.6) is 5.75 Å². The van der Waals surface area contributed by atoms with E-state index in [1.54, 1.807) is 25.1 Å². The number of cyclic esters (lactones) is 1. The number of hydrogen-bond acceptors (Lipinski definition) is 4. The summed E-state index contributed by atoms with van der Waals surface area (Å²) in [6, 6.07) is 17.1. The fourth-order valence-corrected chi connectivity index (χ4v) is 4.84. The number of nitrogens with zero attached hydrogens (tertiary/aromatic N) is 1. The second-order valence-corrected chi connectivity index (χ2v) is 10.1. The molecular weight excluding hydrogens is 511 g/mol. The van der Waals surface area contributed by atoms with Crippen LogP contribution in [0.15, 0.2) is 66.7 Å². The van der Waals surface area contributed by atoms with Crippen molar-refractivity contribution in [2.45, 2.75) is 51.1 Å². The Hall–Kier alpha value is -4.01. The average Bonchev–Trinajstić information content (AvgIpc) is 3.69. The van der Waals surface area contributed by atoms with E-state index in [0.717, 1.165) is 30.5 Å². The van der Waals surface area contributed by atoms with Gasteiger partial charge < -0.3 is 14.6 Å². The van der Waals surface area contributed by atoms with E-state index in [0.29, 0.717) is 35.0 Å². The molecule has 2 atom stereocenters. The second-order valence-electron chi connectivity index (χ2n) is 10.1. The van der Waals surface area contributed by atoms with E-state index in [-0.39, 0.29) is 18.5 Å². The number of carboxylic acid groups (broad SMARTS) is 1. The van der Waals surface area contributed by atoms with E-state index in [9.17, 15) is 27.9 Å². The Balaban J connectivity index is 1.55. The third-order valence-corrected chi connectivity index (χ3v) is 7.15. The van der Waals surface area contributed by atoms with Crippen molar-refractivity contribution in [2.24, 2.45) is 5.92 Å². The van der Waals surface area contributed by atoms with Crippen molar-refractivity contribution in [3.05, 3.63) is 89.0 Å². The molecule has 0 radical (unpaired) electrons. The van der Waals surface area contributed by atoms with Gasteiger partial charge in [-0.1, -0.05) is 42.5 Å². The summed E-state index contributed by atoms with van der Waals surface area (Å²) in [5.41, 5.74) is 1.61. The molecule has 1 amide bonds. The fraction of sp³-hybridized carbons (Fsp3) is 0.333. The third-order valence-electron chi connectivity index (χ3n) is 7.15. The highest BCUT2D eigenvalue weighted by Gasteiger charge is 2.40. The van der Waals surface area contributed by atoms with Crippen LogP contribution in [0.1, 0.15) is 48.1 Å². The fourth-order valence-electron chi connectivity index (χ4n) is 4.84. The largest absolute Gasteiger partial charge is 0.493 e. The number of carbonyl (C=O) groups is 2. The number of rotatable bonds is 9. The molecule has 204 valence electrons. The van der Waals surface area contributed by atoms with Crippen molar-refractivity contribution >= 4 is 12.1 Å². The predicted molar refractivity (Wildman–Crippen MR) is 137 cm³/mol. The molecule has 3 aromatic rings. The highest BCUT2D eigenvalue weighted by atomic mass is 19.4. The van der Waals surface area contributed by atoms with Crippen LogP contribution in [0, 0.1) is 5.92 Å². The molecule has 1 N–H and O–H groups in total. The van der Waals surface area contributed by atoms with Crippen molar-refractivity contribution in [3.8, 4) is 16.9 Å². The Kier molecular flexibility index (Phi) is 7.25. The number of alkyl halides is 3. The number of amides is 1. The van der Waals surface area contributed by atoms with Crippen LogP contribution in [0.25, 0.3) is 11.1 Å². The minimum atomic E-state index is -4.59. The Bertz CT molecular complexity index is 1370. The van der Waals surface area contributed by atoms with E-state index >= 15 is 0 Å². The molecule has 0 spiro atoms. The molecule has 3 aromatic carbocycles. The van der Waals surface area contributed by atoms with Gasteiger partial charge in [0, 0.05) is 5.56 Å². The first-order chi connectivity index (χ1) is 18.6. The molecule has 39 heavy (non-hydrogen) atoms. The van der Waals surface area contributed by atoms with Gasteiger partial charge in [0.15, 0.2) is 0 Å². The molecule has 1 aliphatic heterocycles. The zero-order chi connectivity index (χ0) is 27.7. The maximum absolute atomic E-state index is 13.8. The zero-order valence-electron chi connectivity index (χ0n) is 21.3. The van der Waals surface area contributed by atoms with E-state index in [1.807, 2.05) is 30.3 Å². The Labute approximate surface area is 224 Å². The normalized spacial score (nSPS) is 19.2. The van der Waals surface area contributed by atoms with Crippen LogP contribution >= 0.6 is 0 Å². The summed E-state index contributed by atoms with van der Waals surface area (Å²) >= 11 is 0. The molecule has 1 saturated carbocycles. The van der Waals surface area contributed by atoms with Gasteiger partial charge in [0.2, 0.25) is 0 Å². The Morgan fingerprint density at radius 2 is 1.79 bits per heavy atom. The number of carbonyl (C=O) groups excluding carboxylic acids is 1. The zero-order valence-corrected chi connectivity index (χ0v) is 21.3. The molecule has 1 saturated heterocycles. The highest BCUT2D eigenvalue weighted by Crippen LogP contribution is 2.41. The van der Waals surface area contributed by atoms with Crippen molar-refractivity contribution in [1.29, 1.82) is 0 Å². The van der Waals surface area contributed by atoms with E-state index in [4.69, 9.17) is 9.47 Å². The molecule has 1 heterocycles. The lowest BCUT2D eigenvalue weighted by atomic mass is 9.93. The van der Waals surface area contributed by atoms with Gasteiger partial charge in [-0.05, 0) is 72.2 Å². The van der Waals surface area contributed by atoms with Crippen molar-refractivity contribution in [1.82, 2.24) is 4.90 Å². The summed E-state index contributed by atoms with van der Waals surface area (Å²) in [7, 11) is 0. The summed E-state index contributed by atoms with van der Waals surface area (Å²) in [5, 5.41) is 9.32. The summed E-state index contributed by atoms with van der Waals surface area (Å²) in [4.78, 5) is 25.7. The molecule has 6 nitrogen and oxygen atoms in total. The SMILES string of the molecule is CC1C(c2ccccc2)OC(=O)N1Cc1cc(C(F)(F)F)ccc1-c1cc(CC(=O)O)ccc1OCC1CC1. The minimum Gasteiger partial charge on any atom is -0.493 e. The molecule has 1 aliphatic carbocycles. The third kappa shape index (κ3) is 6.02. The average molecular weight is 540 g/mol. The summed E-state index contributed by atoms with van der Waals surface area (Å²) in [6.07, 6.45) is -3.92. The smallest absolute Gasteiger partial charge is 0.416 e. The van der Waals surface area contributed by atoms with E-state index < -0.39 is 35.9 Å². The Morgan fingerprint density at radius 3 is 2.46 bits per heavy atom. The van der Waals surface area contributed by atoms with Crippen LogP contribution in [-0.4, -0.2) is 34.7 Å². The molecule has 0 bridgehead atoms. The number of carboxylic acids is 1. The van der Waals surface area contributed by atoms with Crippen LogP contribution in [-0.2, 0) is 28.7 Å². The monoisotopic (exact) mass is 539 g/mol. The van der Waals surface area contributed by atoms with Crippen molar-refractivity contribution < 1.29 is 37.3 Å². The minimum absolute atomic E-state index is 0.131. The van der Waals surface area contributed by atoms with Gasteiger partial charge in [0.25, 0.3) is 0 Å². The second kappa shape index (κ2) is 10.6. The van der Waals surface area contributed by atoms with Gasteiger partial charge in [0.1, 0.15) is 11.9 Å². The van der Waals surface area contributed by atoms with Crippen LogP contribution < -0.4 is 4.74 Å². The lowest BCUT2D eigenvalue weighted by molar-refractivity contribution is -0.138. The van der Waals surface area contributed by atoms with Gasteiger partial charge in [-0.15, -0.1) is 0 Å². The maximum Gasteiger partial charge on any atom is 0.416 e. The standard InChI is InChI=1S/C30H28F3NO5/c1-18-28(21-5-3-2-4-6-21)39-29(37)34(18)16-22-15-23(30(31,32)33)10-11-24(22)25-13-20(14-27(35)36)9-12-26(25)38-17-19-7-8-19/h2-6,9-13,15,18-19,28H,7-8,14,16-17H2,1H3,(H,35,36). The molecule has 2 fully saturated rings. The van der Waals surface area contributed by atoms with Crippen LogP contribution in [0.4, 0.5) is 18.0 Å². The van der Waals surface area contributed by atoms with E-state index in [1.165, 1.54) is 11.0 Å². The predicted octanol–water partition coefficient (Wildman–Crippen LogP) is 6.87. The maximum atomic E-state index is 13.8. The van der Waals surface area contributed by atoms with Crippen molar-refractivity contribution in [2.75, 3.05) is 6.61 Å². The van der Waals surface area contributed by atoms with Gasteiger partial charge in [-0.2, -0.15) is 13.2 Å². The molecule has 0 aromatic heterocycles. The number of benzene rings is 3. The van der Waals surface area contributed by atoms with Crippen LogP contribution in [0.3, 0.4) is 0 Å². The number of hydrogen-bond donors (Lipinski definition) is 1. The molecule has 9 heteroatoms. The number of aliphatic carboxylic acids is 1. The molecular formula is C30H28F3NO5. The summed E-state index contributed by atoms with van der Waals surface area (Å²) in [5.74, 6) is -0.143. The quantitative estimate of drug-likeness (QED) is 0.321. The number of halogens is 3. The van der Waals surface area contributed by atoms with Gasteiger partial charge >= 0.3 is 18.2 Å².